The van der Waals surface area contributed by atoms with Crippen molar-refractivity contribution < 1.29 is 23.8 Å². The number of hydrogen-bond acceptors (Lipinski definition) is 7. The Morgan fingerprint density at radius 1 is 0.848 bits per heavy atom. The molecule has 0 radical (unpaired) electrons. The molecular formula is C35H35ClN4O6. The summed E-state index contributed by atoms with van der Waals surface area (Å²) in [6.07, 6.45) is 0.983. The first-order chi connectivity index (χ1) is 22.3. The van der Waals surface area contributed by atoms with Gasteiger partial charge in [0.2, 0.25) is 5.75 Å². The molecule has 0 unspecified atom stereocenters. The van der Waals surface area contributed by atoms with Crippen LogP contribution in [0.2, 0.25) is 5.02 Å². The van der Waals surface area contributed by atoms with Gasteiger partial charge in [-0.05, 0) is 66.4 Å². The van der Waals surface area contributed by atoms with E-state index in [9.17, 15) is 14.4 Å². The lowest BCUT2D eigenvalue weighted by molar-refractivity contribution is 0.0949. The molecule has 2 bridgehead atoms. The molecule has 2 N–H and O–H groups in total. The van der Waals surface area contributed by atoms with Gasteiger partial charge in [0.15, 0.2) is 11.5 Å². The molecule has 6 rings (SSSR count). The number of fused-ring (bicyclic) bond motifs is 4. The number of halogens is 1. The lowest BCUT2D eigenvalue weighted by atomic mass is 9.83. The van der Waals surface area contributed by atoms with Crippen LogP contribution in [-0.2, 0) is 13.1 Å². The van der Waals surface area contributed by atoms with Gasteiger partial charge in [0.05, 0.1) is 32.7 Å². The number of anilines is 2. The molecule has 2 aliphatic heterocycles. The summed E-state index contributed by atoms with van der Waals surface area (Å²) in [7, 11) is 4.47. The molecule has 2 amide bonds. The number of ether oxygens (including phenoxy) is 3. The van der Waals surface area contributed by atoms with Gasteiger partial charge >= 0.3 is 0 Å². The Bertz CT molecular complexity index is 1830. The number of nitrogens with zero attached hydrogens (tertiary/aromatic N) is 2. The SMILES string of the molecule is COc1cc(C(=O)Nc2cc(C(=O)NCc3cccc(Cl)c3)ccc2N2C[C@H]3C[C@@H](C2)c2cccc(=O)n2C3)cc(OC)c1OC. The van der Waals surface area contributed by atoms with Crippen molar-refractivity contribution in [3.63, 3.8) is 0 Å². The van der Waals surface area contributed by atoms with E-state index in [1.54, 1.807) is 42.5 Å². The Morgan fingerprint density at radius 3 is 2.33 bits per heavy atom. The van der Waals surface area contributed by atoms with E-state index in [1.807, 2.05) is 34.9 Å². The third kappa shape index (κ3) is 6.25. The number of piperidine rings is 1. The zero-order valence-electron chi connectivity index (χ0n) is 25.8. The molecule has 0 saturated carbocycles. The molecule has 46 heavy (non-hydrogen) atoms. The summed E-state index contributed by atoms with van der Waals surface area (Å²) in [6, 6.07) is 21.2. The molecule has 1 fully saturated rings. The summed E-state index contributed by atoms with van der Waals surface area (Å²) in [6.45, 7) is 2.29. The van der Waals surface area contributed by atoms with Crippen molar-refractivity contribution in [1.29, 1.82) is 0 Å². The van der Waals surface area contributed by atoms with Crippen molar-refractivity contribution in [1.82, 2.24) is 9.88 Å². The lowest BCUT2D eigenvalue weighted by Gasteiger charge is -2.44. The van der Waals surface area contributed by atoms with E-state index in [0.717, 1.165) is 23.4 Å². The summed E-state index contributed by atoms with van der Waals surface area (Å²) in [5, 5.41) is 6.58. The second kappa shape index (κ2) is 13.2. The molecule has 0 spiro atoms. The zero-order chi connectivity index (χ0) is 32.4. The molecular weight excluding hydrogens is 608 g/mol. The Kier molecular flexibility index (Phi) is 8.90. The van der Waals surface area contributed by atoms with Crippen molar-refractivity contribution in [2.24, 2.45) is 5.92 Å². The van der Waals surface area contributed by atoms with Crippen molar-refractivity contribution in [3.8, 4) is 17.2 Å². The number of rotatable bonds is 9. The van der Waals surface area contributed by atoms with Crippen LogP contribution in [0.5, 0.6) is 17.2 Å². The predicted molar refractivity (Wildman–Crippen MR) is 177 cm³/mol. The number of benzene rings is 3. The molecule has 10 nitrogen and oxygen atoms in total. The van der Waals surface area contributed by atoms with Crippen molar-refractivity contribution >= 4 is 34.8 Å². The molecule has 4 aromatic rings. The van der Waals surface area contributed by atoms with Crippen molar-refractivity contribution in [2.45, 2.75) is 25.4 Å². The summed E-state index contributed by atoms with van der Waals surface area (Å²) in [5.74, 6) is 0.772. The molecule has 1 saturated heterocycles. The van der Waals surface area contributed by atoms with E-state index in [1.165, 1.54) is 21.3 Å². The van der Waals surface area contributed by atoms with Gasteiger partial charge in [-0.2, -0.15) is 0 Å². The minimum atomic E-state index is -0.411. The van der Waals surface area contributed by atoms with Crippen molar-refractivity contribution in [3.05, 3.63) is 111 Å². The Hall–Kier alpha value is -4.96. The van der Waals surface area contributed by atoms with Crippen LogP contribution in [0.3, 0.4) is 0 Å². The number of amides is 2. The maximum Gasteiger partial charge on any atom is 0.255 e. The third-order valence-electron chi connectivity index (χ3n) is 8.60. The first-order valence-corrected chi connectivity index (χ1v) is 15.4. The molecule has 0 aliphatic carbocycles. The topological polar surface area (TPSA) is 111 Å². The maximum atomic E-state index is 13.8. The number of carbonyl (C=O) groups is 2. The fourth-order valence-corrected chi connectivity index (χ4v) is 6.70. The highest BCUT2D eigenvalue weighted by Crippen LogP contribution is 2.41. The number of nitrogens with one attached hydrogen (secondary N) is 2. The normalized spacial score (nSPS) is 16.7. The molecule has 1 aromatic heterocycles. The summed E-state index contributed by atoms with van der Waals surface area (Å²) >= 11 is 6.12. The van der Waals surface area contributed by atoms with Crippen LogP contribution in [0.1, 0.15) is 44.3 Å². The number of pyridine rings is 1. The first-order valence-electron chi connectivity index (χ1n) is 15.0. The molecule has 2 atom stereocenters. The highest BCUT2D eigenvalue weighted by atomic mass is 35.5. The number of carbonyl (C=O) groups excluding carboxylic acids is 2. The number of aromatic nitrogens is 1. The summed E-state index contributed by atoms with van der Waals surface area (Å²) < 4.78 is 18.2. The van der Waals surface area contributed by atoms with E-state index >= 15 is 0 Å². The minimum Gasteiger partial charge on any atom is -0.493 e. The fraction of sp³-hybridized carbons (Fsp3) is 0.286. The number of methoxy groups -OCH3 is 3. The zero-order valence-corrected chi connectivity index (χ0v) is 26.6. The fourth-order valence-electron chi connectivity index (χ4n) is 6.48. The molecule has 2 aliphatic rings. The third-order valence-corrected chi connectivity index (χ3v) is 8.83. The maximum absolute atomic E-state index is 13.8. The lowest BCUT2D eigenvalue weighted by Crippen LogP contribution is -2.47. The second-order valence-corrected chi connectivity index (χ2v) is 12.0. The highest BCUT2D eigenvalue weighted by Gasteiger charge is 2.35. The summed E-state index contributed by atoms with van der Waals surface area (Å²) in [4.78, 5) is 41.9. The van der Waals surface area contributed by atoms with Gasteiger partial charge < -0.3 is 34.3 Å². The van der Waals surface area contributed by atoms with E-state index in [4.69, 9.17) is 25.8 Å². The Morgan fingerprint density at radius 2 is 1.61 bits per heavy atom. The number of hydrogen-bond donors (Lipinski definition) is 2. The average Bonchev–Trinajstić information content (AvgIpc) is 3.06. The standard InChI is InChI=1S/C35H35ClN4O6/c1-44-30-15-24(16-31(45-2)33(30)46-3)35(43)38-27-14-23(34(42)37-17-21-6-4-7-26(36)13-21)10-11-29(27)39-18-22-12-25(20-39)28-8-5-9-32(41)40(28)19-22/h4-11,13-16,22,25H,12,17-20H2,1-3H3,(H,37,42)(H,38,43)/t22-,25+/m1/s1. The quantitative estimate of drug-likeness (QED) is 0.254. The van der Waals surface area contributed by atoms with E-state index in [2.05, 4.69) is 15.5 Å². The van der Waals surface area contributed by atoms with Crippen LogP contribution in [0, 0.1) is 5.92 Å². The van der Waals surface area contributed by atoms with E-state index in [0.29, 0.717) is 65.3 Å². The van der Waals surface area contributed by atoms with Gasteiger partial charge in [0, 0.05) is 60.0 Å². The monoisotopic (exact) mass is 642 g/mol. The largest absolute Gasteiger partial charge is 0.493 e. The first kappa shape index (κ1) is 31.0. The van der Waals surface area contributed by atoms with Crippen LogP contribution >= 0.6 is 11.6 Å². The molecule has 3 aromatic carbocycles. The minimum absolute atomic E-state index is 0.0205. The molecule has 238 valence electrons. The van der Waals surface area contributed by atoms with Gasteiger partial charge in [-0.1, -0.05) is 29.8 Å². The highest BCUT2D eigenvalue weighted by molar-refractivity contribution is 6.30. The van der Waals surface area contributed by atoms with Crippen molar-refractivity contribution in [2.75, 3.05) is 44.6 Å². The van der Waals surface area contributed by atoms with Gasteiger partial charge in [0.25, 0.3) is 17.4 Å². The van der Waals surface area contributed by atoms with Crippen LogP contribution in [0.25, 0.3) is 0 Å². The van der Waals surface area contributed by atoms with Crippen LogP contribution in [-0.4, -0.2) is 50.8 Å². The van der Waals surface area contributed by atoms with Crippen LogP contribution in [0.4, 0.5) is 11.4 Å². The molecule has 11 heteroatoms. The van der Waals surface area contributed by atoms with Gasteiger partial charge in [-0.3, -0.25) is 14.4 Å². The smallest absolute Gasteiger partial charge is 0.255 e. The Balaban J connectivity index is 1.33. The Labute approximate surface area is 271 Å². The van der Waals surface area contributed by atoms with E-state index in [-0.39, 0.29) is 23.3 Å². The molecule has 3 heterocycles. The van der Waals surface area contributed by atoms with Gasteiger partial charge in [0.1, 0.15) is 0 Å². The van der Waals surface area contributed by atoms with Crippen LogP contribution in [0.15, 0.2) is 77.6 Å². The average molecular weight is 643 g/mol. The van der Waals surface area contributed by atoms with Crippen LogP contribution < -0.4 is 35.3 Å². The van der Waals surface area contributed by atoms with Gasteiger partial charge in [-0.15, -0.1) is 0 Å². The van der Waals surface area contributed by atoms with E-state index < -0.39 is 5.91 Å². The predicted octanol–water partition coefficient (Wildman–Crippen LogP) is 5.33. The summed E-state index contributed by atoms with van der Waals surface area (Å²) in [5.41, 5.74) is 3.86. The van der Waals surface area contributed by atoms with Gasteiger partial charge in [-0.25, -0.2) is 0 Å². The second-order valence-electron chi connectivity index (χ2n) is 11.5.